The summed E-state index contributed by atoms with van der Waals surface area (Å²) in [6.45, 7) is 3.50. The van der Waals surface area contributed by atoms with Gasteiger partial charge in [-0.3, -0.25) is 0 Å². The molecule has 2 aromatic rings. The molecular weight excluding hydrogens is 314 g/mol. The summed E-state index contributed by atoms with van der Waals surface area (Å²) in [4.78, 5) is 0. The predicted molar refractivity (Wildman–Crippen MR) is 93.6 cm³/mol. The Hall–Kier alpha value is -1.91. The Morgan fingerprint density at radius 2 is 1.78 bits per heavy atom. The highest BCUT2D eigenvalue weighted by Crippen LogP contribution is 2.19. The molecule has 0 aliphatic heterocycles. The van der Waals surface area contributed by atoms with Gasteiger partial charge >= 0.3 is 0 Å². The predicted octanol–water partition coefficient (Wildman–Crippen LogP) is 3.68. The summed E-state index contributed by atoms with van der Waals surface area (Å²) in [5, 5.41) is 12.6. The molecule has 0 fully saturated rings. The van der Waals surface area contributed by atoms with Crippen molar-refractivity contribution >= 4 is 17.3 Å². The van der Waals surface area contributed by atoms with E-state index in [0.29, 0.717) is 19.8 Å². The van der Waals surface area contributed by atoms with Crippen LogP contribution in [0.2, 0.25) is 0 Å². The summed E-state index contributed by atoms with van der Waals surface area (Å²) in [7, 11) is 0. The summed E-state index contributed by atoms with van der Waals surface area (Å²) in [6, 6.07) is 15.5. The number of hydrogen-bond acceptors (Lipinski definition) is 4. The third-order valence-electron chi connectivity index (χ3n) is 3.19. The van der Waals surface area contributed by atoms with Crippen LogP contribution in [0.1, 0.15) is 12.5 Å². The Morgan fingerprint density at radius 1 is 1.09 bits per heavy atom. The number of alkyl halides is 1. The zero-order valence-corrected chi connectivity index (χ0v) is 13.9. The molecule has 4 nitrogen and oxygen atoms in total. The molecule has 2 rings (SSSR count). The molecule has 1 atom stereocenters. The van der Waals surface area contributed by atoms with Crippen molar-refractivity contribution in [3.63, 3.8) is 0 Å². The van der Waals surface area contributed by atoms with Gasteiger partial charge in [0.2, 0.25) is 0 Å². The number of benzene rings is 2. The van der Waals surface area contributed by atoms with Crippen LogP contribution in [0.5, 0.6) is 11.5 Å². The molecule has 0 amide bonds. The van der Waals surface area contributed by atoms with Crippen LogP contribution in [-0.2, 0) is 6.61 Å². The first-order valence-electron chi connectivity index (χ1n) is 7.63. The quantitative estimate of drug-likeness (QED) is 0.686. The second kappa shape index (κ2) is 9.28. The number of rotatable bonds is 9. The molecule has 0 aliphatic rings. The third kappa shape index (κ3) is 6.00. The fourth-order valence-corrected chi connectivity index (χ4v) is 2.14. The van der Waals surface area contributed by atoms with Gasteiger partial charge in [0.15, 0.2) is 0 Å². The van der Waals surface area contributed by atoms with Crippen molar-refractivity contribution in [3.05, 3.63) is 54.1 Å². The molecule has 0 heterocycles. The van der Waals surface area contributed by atoms with Crippen LogP contribution in [0.15, 0.2) is 48.5 Å². The molecule has 23 heavy (non-hydrogen) atoms. The van der Waals surface area contributed by atoms with Crippen molar-refractivity contribution in [1.29, 1.82) is 0 Å². The van der Waals surface area contributed by atoms with Crippen LogP contribution in [0.3, 0.4) is 0 Å². The Kier molecular flexibility index (Phi) is 7.04. The first kappa shape index (κ1) is 17.4. The molecule has 0 bridgehead atoms. The third-order valence-corrected chi connectivity index (χ3v) is 3.54. The van der Waals surface area contributed by atoms with Crippen molar-refractivity contribution in [1.82, 2.24) is 0 Å². The lowest BCUT2D eigenvalue weighted by Gasteiger charge is -2.12. The van der Waals surface area contributed by atoms with E-state index in [9.17, 15) is 5.11 Å². The minimum atomic E-state index is -0.555. The van der Waals surface area contributed by atoms with E-state index in [2.05, 4.69) is 5.32 Å². The van der Waals surface area contributed by atoms with Gasteiger partial charge in [-0.15, -0.1) is 11.6 Å². The van der Waals surface area contributed by atoms with Crippen molar-refractivity contribution in [2.45, 2.75) is 19.6 Å². The van der Waals surface area contributed by atoms with Gasteiger partial charge in [-0.1, -0.05) is 12.1 Å². The number of hydrogen-bond donors (Lipinski definition) is 2. The summed E-state index contributed by atoms with van der Waals surface area (Å²) >= 11 is 5.58. The largest absolute Gasteiger partial charge is 0.494 e. The fourth-order valence-electron chi connectivity index (χ4n) is 2.03. The van der Waals surface area contributed by atoms with Crippen molar-refractivity contribution in [2.75, 3.05) is 24.3 Å². The minimum Gasteiger partial charge on any atom is -0.494 e. The molecule has 0 aliphatic carbocycles. The average Bonchev–Trinajstić information content (AvgIpc) is 2.59. The monoisotopic (exact) mass is 335 g/mol. The second-order valence-corrected chi connectivity index (χ2v) is 5.39. The van der Waals surface area contributed by atoms with Gasteiger partial charge in [-0.05, 0) is 48.9 Å². The van der Waals surface area contributed by atoms with E-state index < -0.39 is 6.10 Å². The number of ether oxygens (including phenoxy) is 2. The topological polar surface area (TPSA) is 50.7 Å². The lowest BCUT2D eigenvalue weighted by Crippen LogP contribution is -2.20. The lowest BCUT2D eigenvalue weighted by molar-refractivity contribution is 0.211. The highest BCUT2D eigenvalue weighted by molar-refractivity contribution is 6.18. The molecule has 2 N–H and O–H groups in total. The molecule has 0 saturated carbocycles. The summed E-state index contributed by atoms with van der Waals surface area (Å²) in [5.41, 5.74) is 1.98. The van der Waals surface area contributed by atoms with Crippen LogP contribution >= 0.6 is 11.6 Å². The molecule has 1 unspecified atom stereocenters. The van der Waals surface area contributed by atoms with Gasteiger partial charge in [0.05, 0.1) is 18.6 Å². The minimum absolute atomic E-state index is 0.216. The molecule has 2 aromatic carbocycles. The zero-order chi connectivity index (χ0) is 16.5. The van der Waals surface area contributed by atoms with Gasteiger partial charge in [-0.2, -0.15) is 0 Å². The Bertz CT molecular complexity index is 589. The van der Waals surface area contributed by atoms with Gasteiger partial charge < -0.3 is 19.9 Å². The highest BCUT2D eigenvalue weighted by atomic mass is 35.5. The Labute approximate surface area is 142 Å². The van der Waals surface area contributed by atoms with Crippen LogP contribution in [0.25, 0.3) is 0 Å². The van der Waals surface area contributed by atoms with Gasteiger partial charge in [0, 0.05) is 12.2 Å². The van der Waals surface area contributed by atoms with Crippen LogP contribution in [0.4, 0.5) is 5.69 Å². The Morgan fingerprint density at radius 3 is 2.43 bits per heavy atom. The first-order chi connectivity index (χ1) is 11.2. The molecule has 0 radical (unpaired) electrons. The second-order valence-electron chi connectivity index (χ2n) is 5.08. The van der Waals surface area contributed by atoms with Gasteiger partial charge in [-0.25, -0.2) is 0 Å². The standard InChI is InChI=1S/C18H22ClNO3/c1-2-22-17-6-8-18(9-7-17)23-13-14-4-3-5-15(10-14)20-12-16(21)11-19/h3-10,16,20-21H,2,11-13H2,1H3. The number of aliphatic hydroxyl groups is 1. The zero-order valence-electron chi connectivity index (χ0n) is 13.2. The highest BCUT2D eigenvalue weighted by Gasteiger charge is 2.03. The van der Waals surface area contributed by atoms with Crippen molar-refractivity contribution in [2.24, 2.45) is 0 Å². The lowest BCUT2D eigenvalue weighted by atomic mass is 10.2. The van der Waals surface area contributed by atoms with Gasteiger partial charge in [0.1, 0.15) is 18.1 Å². The number of halogens is 1. The summed E-state index contributed by atoms with van der Waals surface area (Å²) in [6.07, 6.45) is -0.555. The molecule has 0 aromatic heterocycles. The van der Waals surface area contributed by atoms with E-state index in [4.69, 9.17) is 21.1 Å². The molecular formula is C18H22ClNO3. The normalized spacial score (nSPS) is 11.8. The SMILES string of the molecule is CCOc1ccc(OCc2cccc(NCC(O)CCl)c2)cc1. The Balaban J connectivity index is 1.87. The van der Waals surface area contributed by atoms with E-state index in [1.165, 1.54) is 0 Å². The van der Waals surface area contributed by atoms with E-state index in [1.807, 2.05) is 55.5 Å². The first-order valence-corrected chi connectivity index (χ1v) is 8.17. The molecule has 5 heteroatoms. The van der Waals surface area contributed by atoms with E-state index in [0.717, 1.165) is 22.7 Å². The number of aliphatic hydroxyl groups excluding tert-OH is 1. The number of nitrogens with one attached hydrogen (secondary N) is 1. The fraction of sp³-hybridized carbons (Fsp3) is 0.333. The summed E-state index contributed by atoms with van der Waals surface area (Å²) < 4.78 is 11.2. The van der Waals surface area contributed by atoms with Gasteiger partial charge in [0.25, 0.3) is 0 Å². The molecule has 124 valence electrons. The van der Waals surface area contributed by atoms with E-state index >= 15 is 0 Å². The van der Waals surface area contributed by atoms with E-state index in [-0.39, 0.29) is 5.88 Å². The van der Waals surface area contributed by atoms with Crippen LogP contribution in [-0.4, -0.2) is 30.2 Å². The maximum Gasteiger partial charge on any atom is 0.120 e. The molecule has 0 spiro atoms. The maximum atomic E-state index is 9.47. The van der Waals surface area contributed by atoms with Crippen LogP contribution < -0.4 is 14.8 Å². The average molecular weight is 336 g/mol. The maximum absolute atomic E-state index is 9.47. The molecule has 0 saturated heterocycles. The van der Waals surface area contributed by atoms with Crippen LogP contribution in [0, 0.1) is 0 Å². The van der Waals surface area contributed by atoms with Crippen molar-refractivity contribution in [3.8, 4) is 11.5 Å². The summed E-state index contributed by atoms with van der Waals surface area (Å²) in [5.74, 6) is 1.85. The van der Waals surface area contributed by atoms with Crippen molar-refractivity contribution < 1.29 is 14.6 Å². The smallest absolute Gasteiger partial charge is 0.120 e. The van der Waals surface area contributed by atoms with E-state index in [1.54, 1.807) is 0 Å². The number of anilines is 1.